The summed E-state index contributed by atoms with van der Waals surface area (Å²) in [7, 11) is 1.65. The third-order valence-electron chi connectivity index (χ3n) is 3.83. The summed E-state index contributed by atoms with van der Waals surface area (Å²) in [4.78, 5) is 14.3. The van der Waals surface area contributed by atoms with Crippen LogP contribution in [0.4, 0.5) is 4.79 Å². The lowest BCUT2D eigenvalue weighted by Crippen LogP contribution is -2.49. The summed E-state index contributed by atoms with van der Waals surface area (Å²) in [6.45, 7) is 6.44. The first-order valence-electron chi connectivity index (χ1n) is 7.95. The lowest BCUT2D eigenvalue weighted by Gasteiger charge is -2.33. The van der Waals surface area contributed by atoms with Crippen LogP contribution in [0.2, 0.25) is 0 Å². The zero-order chi connectivity index (χ0) is 16.7. The summed E-state index contributed by atoms with van der Waals surface area (Å²) in [6.07, 6.45) is 0. The first kappa shape index (κ1) is 17.9. The molecule has 1 atom stereocenters. The van der Waals surface area contributed by atoms with E-state index >= 15 is 0 Å². The van der Waals surface area contributed by atoms with Crippen LogP contribution in [-0.4, -0.2) is 55.3 Å². The Kier molecular flexibility index (Phi) is 7.05. The molecule has 1 unspecified atom stereocenters. The molecule has 1 aromatic carbocycles. The van der Waals surface area contributed by atoms with E-state index in [1.165, 1.54) is 0 Å². The predicted molar refractivity (Wildman–Crippen MR) is 94.3 cm³/mol. The molecule has 2 amide bonds. The van der Waals surface area contributed by atoms with Crippen molar-refractivity contribution < 1.29 is 14.3 Å². The van der Waals surface area contributed by atoms with Crippen molar-refractivity contribution in [1.29, 1.82) is 0 Å². The van der Waals surface area contributed by atoms with Crippen molar-refractivity contribution in [3.63, 3.8) is 0 Å². The molecule has 0 aliphatic carbocycles. The van der Waals surface area contributed by atoms with Crippen LogP contribution in [0.15, 0.2) is 18.2 Å². The molecule has 128 valence electrons. The molecule has 0 spiro atoms. The smallest absolute Gasteiger partial charge is 0.317 e. The normalized spacial score (nSPS) is 17.9. The number of hydrogen-bond donors (Lipinski definition) is 1. The van der Waals surface area contributed by atoms with E-state index < -0.39 is 0 Å². The van der Waals surface area contributed by atoms with Gasteiger partial charge in [0, 0.05) is 43.3 Å². The topological polar surface area (TPSA) is 50.8 Å². The fourth-order valence-electron chi connectivity index (χ4n) is 2.48. The Hall–Kier alpha value is -1.40. The van der Waals surface area contributed by atoms with Crippen LogP contribution < -0.4 is 10.1 Å². The van der Waals surface area contributed by atoms with Gasteiger partial charge in [0.15, 0.2) is 0 Å². The van der Waals surface area contributed by atoms with Gasteiger partial charge in [-0.3, -0.25) is 0 Å². The van der Waals surface area contributed by atoms with Crippen molar-refractivity contribution in [2.24, 2.45) is 0 Å². The lowest BCUT2D eigenvalue weighted by atomic mass is 10.1. The molecule has 1 fully saturated rings. The fourth-order valence-corrected chi connectivity index (χ4v) is 3.49. The zero-order valence-corrected chi connectivity index (χ0v) is 14.9. The molecule has 23 heavy (non-hydrogen) atoms. The molecule has 0 bridgehead atoms. The van der Waals surface area contributed by atoms with E-state index in [9.17, 15) is 4.79 Å². The number of ether oxygens (including phenoxy) is 2. The minimum Gasteiger partial charge on any atom is -0.491 e. The van der Waals surface area contributed by atoms with Gasteiger partial charge in [-0.1, -0.05) is 12.1 Å². The highest BCUT2D eigenvalue weighted by Gasteiger charge is 2.23. The van der Waals surface area contributed by atoms with Crippen LogP contribution in [0.3, 0.4) is 0 Å². The molecule has 0 aromatic heterocycles. The Morgan fingerprint density at radius 1 is 1.43 bits per heavy atom. The number of nitrogens with zero attached hydrogens (tertiary/aromatic N) is 1. The molecule has 5 nitrogen and oxygen atoms in total. The second-order valence-electron chi connectivity index (χ2n) is 5.73. The Morgan fingerprint density at radius 3 is 3.00 bits per heavy atom. The number of hydrogen-bond acceptors (Lipinski definition) is 4. The van der Waals surface area contributed by atoms with E-state index in [2.05, 4.69) is 12.2 Å². The quantitative estimate of drug-likeness (QED) is 0.810. The third-order valence-corrected chi connectivity index (χ3v) is 5.02. The number of urea groups is 1. The van der Waals surface area contributed by atoms with Gasteiger partial charge in [-0.2, -0.15) is 11.8 Å². The van der Waals surface area contributed by atoms with E-state index in [-0.39, 0.29) is 12.1 Å². The highest BCUT2D eigenvalue weighted by Crippen LogP contribution is 2.21. The summed E-state index contributed by atoms with van der Waals surface area (Å²) in [5.74, 6) is 2.82. The largest absolute Gasteiger partial charge is 0.491 e. The van der Waals surface area contributed by atoms with E-state index in [4.69, 9.17) is 9.47 Å². The molecule has 6 heteroatoms. The molecule has 1 aliphatic rings. The van der Waals surface area contributed by atoms with Crippen molar-refractivity contribution >= 4 is 17.8 Å². The molecule has 2 rings (SSSR count). The highest BCUT2D eigenvalue weighted by molar-refractivity contribution is 7.99. The molecule has 1 saturated heterocycles. The van der Waals surface area contributed by atoms with Crippen molar-refractivity contribution in [3.05, 3.63) is 29.3 Å². The first-order chi connectivity index (χ1) is 11.1. The third kappa shape index (κ3) is 5.32. The molecule has 0 radical (unpaired) electrons. The fraction of sp³-hybridized carbons (Fsp3) is 0.588. The molecular weight excluding hydrogens is 312 g/mol. The van der Waals surface area contributed by atoms with Gasteiger partial charge in [0.1, 0.15) is 12.4 Å². The monoisotopic (exact) mass is 338 g/mol. The summed E-state index contributed by atoms with van der Waals surface area (Å²) in [5, 5.41) is 3.02. The van der Waals surface area contributed by atoms with E-state index in [0.29, 0.717) is 19.8 Å². The second kappa shape index (κ2) is 9.03. The van der Waals surface area contributed by atoms with Gasteiger partial charge >= 0.3 is 6.03 Å². The van der Waals surface area contributed by atoms with Gasteiger partial charge in [0.05, 0.1) is 6.61 Å². The molecule has 1 heterocycles. The maximum absolute atomic E-state index is 12.4. The van der Waals surface area contributed by atoms with Crippen LogP contribution >= 0.6 is 11.8 Å². The molecule has 1 aromatic rings. The standard InChI is InChI=1S/C17H26N2O3S/c1-13-4-5-15(16(10-13)22-8-7-21-3)11-18-17(20)19-6-9-23-12-14(19)2/h4-5,10,14H,6-9,11-12H2,1-3H3,(H,18,20). The van der Waals surface area contributed by atoms with Gasteiger partial charge in [0.2, 0.25) is 0 Å². The Morgan fingerprint density at radius 2 is 2.26 bits per heavy atom. The number of thioether (sulfide) groups is 1. The summed E-state index contributed by atoms with van der Waals surface area (Å²) in [6, 6.07) is 6.32. The number of benzene rings is 1. The maximum Gasteiger partial charge on any atom is 0.317 e. The van der Waals surface area contributed by atoms with Crippen molar-refractivity contribution in [1.82, 2.24) is 10.2 Å². The molecular formula is C17H26N2O3S. The Balaban J connectivity index is 1.94. The van der Waals surface area contributed by atoms with E-state index in [1.54, 1.807) is 7.11 Å². The van der Waals surface area contributed by atoms with E-state index in [0.717, 1.165) is 34.9 Å². The first-order valence-corrected chi connectivity index (χ1v) is 9.10. The Bertz CT molecular complexity index is 525. The number of methoxy groups -OCH3 is 1. The van der Waals surface area contributed by atoms with Crippen LogP contribution in [0.1, 0.15) is 18.1 Å². The van der Waals surface area contributed by atoms with Gasteiger partial charge < -0.3 is 19.7 Å². The zero-order valence-electron chi connectivity index (χ0n) is 14.1. The van der Waals surface area contributed by atoms with Crippen LogP contribution in [0.25, 0.3) is 0 Å². The van der Waals surface area contributed by atoms with Crippen LogP contribution in [-0.2, 0) is 11.3 Å². The minimum atomic E-state index is 0.00113. The lowest BCUT2D eigenvalue weighted by molar-refractivity contribution is 0.145. The molecule has 1 aliphatic heterocycles. The van der Waals surface area contributed by atoms with Crippen molar-refractivity contribution in [2.75, 3.05) is 38.4 Å². The van der Waals surface area contributed by atoms with Crippen LogP contribution in [0.5, 0.6) is 5.75 Å². The van der Waals surface area contributed by atoms with Gasteiger partial charge in [-0.25, -0.2) is 4.79 Å². The second-order valence-corrected chi connectivity index (χ2v) is 6.88. The predicted octanol–water partition coefficient (Wildman–Crippen LogP) is 2.67. The molecule has 1 N–H and O–H groups in total. The van der Waals surface area contributed by atoms with Crippen LogP contribution in [0, 0.1) is 6.92 Å². The number of aryl methyl sites for hydroxylation is 1. The Labute approximate surface area is 142 Å². The number of amides is 2. The summed E-state index contributed by atoms with van der Waals surface area (Å²) in [5.41, 5.74) is 2.12. The average molecular weight is 338 g/mol. The van der Waals surface area contributed by atoms with Crippen molar-refractivity contribution in [2.45, 2.75) is 26.4 Å². The number of carbonyl (C=O) groups excluding carboxylic acids is 1. The SMILES string of the molecule is COCCOc1cc(C)ccc1CNC(=O)N1CCSCC1C. The average Bonchev–Trinajstić information content (AvgIpc) is 2.54. The van der Waals surface area contributed by atoms with Crippen molar-refractivity contribution in [3.8, 4) is 5.75 Å². The van der Waals surface area contributed by atoms with Gasteiger partial charge in [0.25, 0.3) is 0 Å². The number of rotatable bonds is 6. The minimum absolute atomic E-state index is 0.00113. The highest BCUT2D eigenvalue weighted by atomic mass is 32.2. The van der Waals surface area contributed by atoms with Gasteiger partial charge in [-0.05, 0) is 25.5 Å². The van der Waals surface area contributed by atoms with Gasteiger partial charge in [-0.15, -0.1) is 0 Å². The number of carbonyl (C=O) groups is 1. The summed E-state index contributed by atoms with van der Waals surface area (Å²) < 4.78 is 10.8. The summed E-state index contributed by atoms with van der Waals surface area (Å²) >= 11 is 1.90. The number of nitrogens with one attached hydrogen (secondary N) is 1. The molecule has 0 saturated carbocycles. The van der Waals surface area contributed by atoms with E-state index in [1.807, 2.05) is 41.8 Å². The maximum atomic E-state index is 12.4.